The van der Waals surface area contributed by atoms with E-state index in [1.165, 1.54) is 0 Å². The molecule has 0 radical (unpaired) electrons. The van der Waals surface area contributed by atoms with Crippen LogP contribution in [0.15, 0.2) is 53.1 Å². The maximum Gasteiger partial charge on any atom is 0.264 e. The highest BCUT2D eigenvalue weighted by molar-refractivity contribution is 6.30. The number of hydrogen-bond acceptors (Lipinski definition) is 5. The molecule has 1 aromatic heterocycles. The lowest BCUT2D eigenvalue weighted by Gasteiger charge is -2.02. The summed E-state index contributed by atoms with van der Waals surface area (Å²) >= 11 is 5.90. The molecule has 0 aliphatic rings. The van der Waals surface area contributed by atoms with Crippen LogP contribution in [0.5, 0.6) is 11.5 Å². The molecule has 0 fully saturated rings. The molecule has 0 unspecified atom stereocenters. The van der Waals surface area contributed by atoms with Crippen LogP contribution in [0.25, 0.3) is 11.4 Å². The van der Waals surface area contributed by atoms with Gasteiger partial charge < -0.3 is 14.0 Å². The van der Waals surface area contributed by atoms with E-state index in [9.17, 15) is 0 Å². The molecule has 0 aliphatic heterocycles. The van der Waals surface area contributed by atoms with Crippen LogP contribution in [0.4, 0.5) is 0 Å². The molecule has 0 saturated carbocycles. The molecule has 3 aromatic rings. The molecule has 0 amide bonds. The Morgan fingerprint density at radius 1 is 1.09 bits per heavy atom. The standard InChI is InChI=1S/C16H13ClN2O3/c1-20-13-6-2-4-11(8-13)16-18-15(22-19-16)10-21-14-7-3-5-12(17)9-14/h2-9H,10H2,1H3. The SMILES string of the molecule is COc1cccc(-c2noc(COc3cccc(Cl)c3)n2)c1. The van der Waals surface area contributed by atoms with Gasteiger partial charge in [-0.15, -0.1) is 0 Å². The summed E-state index contributed by atoms with van der Waals surface area (Å²) in [6, 6.07) is 14.6. The van der Waals surface area contributed by atoms with Crippen molar-refractivity contribution in [3.63, 3.8) is 0 Å². The third-order valence-corrected chi connectivity index (χ3v) is 3.19. The summed E-state index contributed by atoms with van der Waals surface area (Å²) in [5, 5.41) is 4.56. The second-order valence-corrected chi connectivity index (χ2v) is 4.93. The minimum absolute atomic E-state index is 0.178. The third-order valence-electron chi connectivity index (χ3n) is 2.95. The van der Waals surface area contributed by atoms with E-state index in [-0.39, 0.29) is 6.61 Å². The zero-order chi connectivity index (χ0) is 15.4. The van der Waals surface area contributed by atoms with Crippen LogP contribution < -0.4 is 9.47 Å². The second-order valence-electron chi connectivity index (χ2n) is 4.49. The summed E-state index contributed by atoms with van der Waals surface area (Å²) in [7, 11) is 1.61. The number of ether oxygens (including phenoxy) is 2. The van der Waals surface area contributed by atoms with Crippen molar-refractivity contribution in [3.05, 3.63) is 59.4 Å². The van der Waals surface area contributed by atoms with Gasteiger partial charge in [-0.05, 0) is 30.3 Å². The van der Waals surface area contributed by atoms with Gasteiger partial charge in [-0.1, -0.05) is 35.0 Å². The highest BCUT2D eigenvalue weighted by atomic mass is 35.5. The monoisotopic (exact) mass is 316 g/mol. The van der Waals surface area contributed by atoms with E-state index in [0.717, 1.165) is 11.3 Å². The first-order valence-electron chi connectivity index (χ1n) is 6.60. The Balaban J connectivity index is 1.71. The summed E-state index contributed by atoms with van der Waals surface area (Å²) in [6.07, 6.45) is 0. The van der Waals surface area contributed by atoms with Crippen LogP contribution in [-0.2, 0) is 6.61 Å². The molecule has 0 N–H and O–H groups in total. The first-order chi connectivity index (χ1) is 10.7. The van der Waals surface area contributed by atoms with Crippen LogP contribution in [0.2, 0.25) is 5.02 Å². The van der Waals surface area contributed by atoms with Crippen LogP contribution in [-0.4, -0.2) is 17.3 Å². The Morgan fingerprint density at radius 3 is 2.73 bits per heavy atom. The minimum Gasteiger partial charge on any atom is -0.497 e. The van der Waals surface area contributed by atoms with Gasteiger partial charge in [0, 0.05) is 10.6 Å². The third kappa shape index (κ3) is 3.38. The van der Waals surface area contributed by atoms with Gasteiger partial charge in [-0.2, -0.15) is 4.98 Å². The molecule has 22 heavy (non-hydrogen) atoms. The van der Waals surface area contributed by atoms with E-state index in [0.29, 0.717) is 22.5 Å². The zero-order valence-corrected chi connectivity index (χ0v) is 12.6. The fourth-order valence-electron chi connectivity index (χ4n) is 1.89. The summed E-state index contributed by atoms with van der Waals surface area (Å²) in [6.45, 7) is 0.178. The predicted molar refractivity (Wildman–Crippen MR) is 82.1 cm³/mol. The summed E-state index contributed by atoms with van der Waals surface area (Å²) < 4.78 is 15.9. The molecule has 5 nitrogen and oxygen atoms in total. The topological polar surface area (TPSA) is 57.4 Å². The van der Waals surface area contributed by atoms with Gasteiger partial charge in [0.05, 0.1) is 7.11 Å². The van der Waals surface area contributed by atoms with Crippen molar-refractivity contribution in [1.29, 1.82) is 0 Å². The van der Waals surface area contributed by atoms with Gasteiger partial charge in [0.1, 0.15) is 11.5 Å². The highest BCUT2D eigenvalue weighted by Crippen LogP contribution is 2.22. The molecule has 0 atom stereocenters. The number of nitrogens with zero attached hydrogens (tertiary/aromatic N) is 2. The molecule has 6 heteroatoms. The van der Waals surface area contributed by atoms with Gasteiger partial charge in [0.15, 0.2) is 6.61 Å². The average Bonchev–Trinajstić information content (AvgIpc) is 3.02. The van der Waals surface area contributed by atoms with Crippen LogP contribution in [0.1, 0.15) is 5.89 Å². The van der Waals surface area contributed by atoms with Crippen LogP contribution in [0.3, 0.4) is 0 Å². The van der Waals surface area contributed by atoms with Gasteiger partial charge >= 0.3 is 0 Å². The van der Waals surface area contributed by atoms with Crippen molar-refractivity contribution >= 4 is 11.6 Å². The minimum atomic E-state index is 0.178. The van der Waals surface area contributed by atoms with E-state index in [1.54, 1.807) is 19.2 Å². The van der Waals surface area contributed by atoms with E-state index in [2.05, 4.69) is 10.1 Å². The molecule has 3 rings (SSSR count). The molecule has 0 aliphatic carbocycles. The molecule has 112 valence electrons. The highest BCUT2D eigenvalue weighted by Gasteiger charge is 2.10. The van der Waals surface area contributed by atoms with E-state index in [1.807, 2.05) is 36.4 Å². The van der Waals surface area contributed by atoms with E-state index < -0.39 is 0 Å². The maximum atomic E-state index is 5.90. The van der Waals surface area contributed by atoms with Crippen molar-refractivity contribution in [1.82, 2.24) is 10.1 Å². The van der Waals surface area contributed by atoms with Gasteiger partial charge in [0.2, 0.25) is 5.82 Å². The molecule has 2 aromatic carbocycles. The largest absolute Gasteiger partial charge is 0.497 e. The van der Waals surface area contributed by atoms with Crippen molar-refractivity contribution < 1.29 is 14.0 Å². The van der Waals surface area contributed by atoms with Crippen molar-refractivity contribution in [3.8, 4) is 22.9 Å². The first-order valence-corrected chi connectivity index (χ1v) is 6.98. The number of methoxy groups -OCH3 is 1. The summed E-state index contributed by atoms with van der Waals surface area (Å²) in [5.41, 5.74) is 0.817. The lowest BCUT2D eigenvalue weighted by atomic mass is 10.2. The van der Waals surface area contributed by atoms with Crippen LogP contribution in [0, 0.1) is 0 Å². The van der Waals surface area contributed by atoms with Gasteiger partial charge in [0.25, 0.3) is 5.89 Å². The summed E-state index contributed by atoms with van der Waals surface area (Å²) in [4.78, 5) is 4.30. The Hall–Kier alpha value is -2.53. The lowest BCUT2D eigenvalue weighted by molar-refractivity contribution is 0.243. The quantitative estimate of drug-likeness (QED) is 0.712. The van der Waals surface area contributed by atoms with Gasteiger partial charge in [-0.25, -0.2) is 0 Å². The van der Waals surface area contributed by atoms with Crippen LogP contribution >= 0.6 is 11.6 Å². The lowest BCUT2D eigenvalue weighted by Crippen LogP contribution is -1.95. The Morgan fingerprint density at radius 2 is 1.91 bits per heavy atom. The predicted octanol–water partition coefficient (Wildman–Crippen LogP) is 3.98. The molecule has 0 spiro atoms. The second kappa shape index (κ2) is 6.49. The Labute approximate surface area is 132 Å². The van der Waals surface area contributed by atoms with Gasteiger partial charge in [-0.3, -0.25) is 0 Å². The Bertz CT molecular complexity index is 773. The van der Waals surface area contributed by atoms with E-state index in [4.69, 9.17) is 25.6 Å². The van der Waals surface area contributed by atoms with Crippen molar-refractivity contribution in [2.75, 3.05) is 7.11 Å². The number of halogens is 1. The molecular formula is C16H13ClN2O3. The van der Waals surface area contributed by atoms with Crippen molar-refractivity contribution in [2.45, 2.75) is 6.61 Å². The number of hydrogen-bond donors (Lipinski definition) is 0. The van der Waals surface area contributed by atoms with Crippen molar-refractivity contribution in [2.24, 2.45) is 0 Å². The zero-order valence-electron chi connectivity index (χ0n) is 11.8. The molecular weight excluding hydrogens is 304 g/mol. The smallest absolute Gasteiger partial charge is 0.264 e. The number of benzene rings is 2. The number of rotatable bonds is 5. The molecule has 0 saturated heterocycles. The normalized spacial score (nSPS) is 10.5. The fraction of sp³-hybridized carbons (Fsp3) is 0.125. The average molecular weight is 317 g/mol. The molecule has 1 heterocycles. The number of aromatic nitrogens is 2. The molecule has 0 bridgehead atoms. The maximum absolute atomic E-state index is 5.90. The van der Waals surface area contributed by atoms with E-state index >= 15 is 0 Å². The fourth-order valence-corrected chi connectivity index (χ4v) is 2.08. The Kier molecular flexibility index (Phi) is 4.25. The summed E-state index contributed by atoms with van der Waals surface area (Å²) in [5.74, 6) is 2.26. The first kappa shape index (κ1) is 14.4.